The molecule has 92 valence electrons. The molecule has 1 N–H and O–H groups in total. The van der Waals surface area contributed by atoms with Gasteiger partial charge in [0.1, 0.15) is 5.54 Å². The molecule has 17 heavy (non-hydrogen) atoms. The lowest BCUT2D eigenvalue weighted by Crippen LogP contribution is -2.48. The van der Waals surface area contributed by atoms with E-state index in [2.05, 4.69) is 4.90 Å². The second kappa shape index (κ2) is 4.49. The van der Waals surface area contributed by atoms with Gasteiger partial charge in [-0.3, -0.25) is 4.90 Å². The Morgan fingerprint density at radius 3 is 2.24 bits per heavy atom. The Morgan fingerprint density at radius 1 is 1.24 bits per heavy atom. The van der Waals surface area contributed by atoms with Crippen LogP contribution < -0.4 is 0 Å². The molecule has 0 spiro atoms. The third-order valence-electron chi connectivity index (χ3n) is 3.77. The Kier molecular flexibility index (Phi) is 3.20. The van der Waals surface area contributed by atoms with E-state index in [4.69, 9.17) is 0 Å². The fourth-order valence-electron chi connectivity index (χ4n) is 2.48. The van der Waals surface area contributed by atoms with Gasteiger partial charge in [-0.1, -0.05) is 29.8 Å². The lowest BCUT2D eigenvalue weighted by Gasteiger charge is -2.35. The van der Waals surface area contributed by atoms with E-state index in [-0.39, 0.29) is 0 Å². The first-order valence-electron chi connectivity index (χ1n) is 6.11. The highest BCUT2D eigenvalue weighted by Gasteiger charge is 2.42. The van der Waals surface area contributed by atoms with E-state index in [1.807, 2.05) is 38.1 Å². The zero-order valence-corrected chi connectivity index (χ0v) is 10.4. The molecule has 1 aromatic carbocycles. The van der Waals surface area contributed by atoms with Crippen molar-refractivity contribution in [3.63, 3.8) is 0 Å². The Labute approximate surface area is 102 Å². The number of hydrogen-bond acceptors (Lipinski definition) is 2. The quantitative estimate of drug-likeness (QED) is 0.871. The Morgan fingerprint density at radius 2 is 1.76 bits per heavy atom. The predicted molar refractivity (Wildman–Crippen MR) is 67.0 cm³/mol. The molecular weight excluding hydrogens is 214 g/mol. The number of hydrogen-bond donors (Lipinski definition) is 1. The topological polar surface area (TPSA) is 40.5 Å². The van der Waals surface area contributed by atoms with Gasteiger partial charge < -0.3 is 5.11 Å². The minimum absolute atomic E-state index is 0.761. The van der Waals surface area contributed by atoms with Gasteiger partial charge in [-0.2, -0.15) is 0 Å². The number of rotatable bonds is 3. The van der Waals surface area contributed by atoms with Crippen molar-refractivity contribution >= 4 is 5.97 Å². The number of aryl methyl sites for hydroxylation is 1. The van der Waals surface area contributed by atoms with E-state index in [0.717, 1.165) is 37.1 Å². The van der Waals surface area contributed by atoms with E-state index >= 15 is 0 Å². The molecule has 0 saturated carbocycles. The molecule has 1 fully saturated rings. The zero-order chi connectivity index (χ0) is 12.5. The van der Waals surface area contributed by atoms with Crippen LogP contribution in [0.25, 0.3) is 0 Å². The van der Waals surface area contributed by atoms with E-state index in [1.54, 1.807) is 0 Å². The average molecular weight is 233 g/mol. The summed E-state index contributed by atoms with van der Waals surface area (Å²) in [6.45, 7) is 5.57. The highest BCUT2D eigenvalue weighted by Crippen LogP contribution is 2.32. The van der Waals surface area contributed by atoms with Crippen LogP contribution in [0, 0.1) is 6.92 Å². The van der Waals surface area contributed by atoms with Gasteiger partial charge in [-0.25, -0.2) is 4.79 Å². The number of nitrogens with zero attached hydrogens (tertiary/aromatic N) is 1. The molecule has 0 aromatic heterocycles. The van der Waals surface area contributed by atoms with Crippen molar-refractivity contribution in [3.8, 4) is 0 Å². The summed E-state index contributed by atoms with van der Waals surface area (Å²) in [6.07, 6.45) is 2.18. The number of aliphatic carboxylic acids is 1. The summed E-state index contributed by atoms with van der Waals surface area (Å²) in [5, 5.41) is 9.57. The minimum atomic E-state index is -0.885. The molecule has 0 bridgehead atoms. The van der Waals surface area contributed by atoms with Gasteiger partial charge in [0, 0.05) is 0 Å². The van der Waals surface area contributed by atoms with Crippen LogP contribution in [0.2, 0.25) is 0 Å². The van der Waals surface area contributed by atoms with Crippen LogP contribution in [-0.2, 0) is 10.3 Å². The summed E-state index contributed by atoms with van der Waals surface area (Å²) < 4.78 is 0. The van der Waals surface area contributed by atoms with Crippen LogP contribution >= 0.6 is 0 Å². The first-order valence-corrected chi connectivity index (χ1v) is 6.11. The monoisotopic (exact) mass is 233 g/mol. The maximum absolute atomic E-state index is 11.7. The number of benzene rings is 1. The summed E-state index contributed by atoms with van der Waals surface area (Å²) in [5.74, 6) is -0.761. The highest BCUT2D eigenvalue weighted by molar-refractivity contribution is 5.80. The van der Waals surface area contributed by atoms with Crippen molar-refractivity contribution in [2.45, 2.75) is 32.2 Å². The van der Waals surface area contributed by atoms with Crippen molar-refractivity contribution in [2.24, 2.45) is 0 Å². The molecule has 2 rings (SSSR count). The van der Waals surface area contributed by atoms with Gasteiger partial charge >= 0.3 is 5.97 Å². The van der Waals surface area contributed by atoms with Crippen molar-refractivity contribution in [3.05, 3.63) is 35.4 Å². The van der Waals surface area contributed by atoms with E-state index in [1.165, 1.54) is 0 Å². The molecule has 0 radical (unpaired) electrons. The fraction of sp³-hybridized carbons (Fsp3) is 0.500. The van der Waals surface area contributed by atoms with Gasteiger partial charge in [0.15, 0.2) is 0 Å². The second-order valence-electron chi connectivity index (χ2n) is 4.94. The van der Waals surface area contributed by atoms with Crippen LogP contribution in [0.1, 0.15) is 30.9 Å². The molecule has 1 saturated heterocycles. The first kappa shape index (κ1) is 12.1. The van der Waals surface area contributed by atoms with Gasteiger partial charge in [0.05, 0.1) is 0 Å². The van der Waals surface area contributed by atoms with Crippen molar-refractivity contribution in [1.29, 1.82) is 0 Å². The molecular formula is C14H19NO2. The van der Waals surface area contributed by atoms with Crippen LogP contribution in [0.3, 0.4) is 0 Å². The summed E-state index contributed by atoms with van der Waals surface area (Å²) in [6, 6.07) is 7.82. The molecule has 1 heterocycles. The maximum Gasteiger partial charge on any atom is 0.328 e. The van der Waals surface area contributed by atoms with Crippen LogP contribution in [0.15, 0.2) is 24.3 Å². The summed E-state index contributed by atoms with van der Waals surface area (Å²) >= 11 is 0. The molecule has 3 heteroatoms. The molecule has 1 atom stereocenters. The minimum Gasteiger partial charge on any atom is -0.480 e. The largest absolute Gasteiger partial charge is 0.480 e. The van der Waals surface area contributed by atoms with E-state index < -0.39 is 11.5 Å². The van der Waals surface area contributed by atoms with Gasteiger partial charge in [0.25, 0.3) is 0 Å². The predicted octanol–water partition coefficient (Wildman–Crippen LogP) is 2.39. The molecule has 0 aliphatic carbocycles. The van der Waals surface area contributed by atoms with Gasteiger partial charge in [-0.15, -0.1) is 0 Å². The molecule has 0 amide bonds. The zero-order valence-electron chi connectivity index (χ0n) is 10.4. The second-order valence-corrected chi connectivity index (χ2v) is 4.94. The smallest absolute Gasteiger partial charge is 0.328 e. The molecule has 1 aliphatic heterocycles. The summed E-state index contributed by atoms with van der Waals surface area (Å²) in [4.78, 5) is 13.7. The van der Waals surface area contributed by atoms with Gasteiger partial charge in [0.2, 0.25) is 0 Å². The summed E-state index contributed by atoms with van der Waals surface area (Å²) in [5.41, 5.74) is 1.14. The molecule has 3 nitrogen and oxygen atoms in total. The molecule has 1 unspecified atom stereocenters. The number of likely N-dealkylation sites (tertiary alicyclic amines) is 1. The summed E-state index contributed by atoms with van der Waals surface area (Å²) in [7, 11) is 0. The van der Waals surface area contributed by atoms with Crippen LogP contribution in [0.5, 0.6) is 0 Å². The van der Waals surface area contributed by atoms with E-state index in [9.17, 15) is 9.90 Å². The first-order chi connectivity index (χ1) is 8.05. The van der Waals surface area contributed by atoms with Crippen molar-refractivity contribution < 1.29 is 9.90 Å². The fourth-order valence-corrected chi connectivity index (χ4v) is 2.48. The Balaban J connectivity index is 2.39. The number of carboxylic acid groups (broad SMARTS) is 1. The van der Waals surface area contributed by atoms with Crippen molar-refractivity contribution in [2.75, 3.05) is 13.1 Å². The van der Waals surface area contributed by atoms with Crippen LogP contribution in [0.4, 0.5) is 0 Å². The normalized spacial score (nSPS) is 20.1. The van der Waals surface area contributed by atoms with Crippen molar-refractivity contribution in [1.82, 2.24) is 4.90 Å². The average Bonchev–Trinajstić information content (AvgIpc) is 2.82. The SMILES string of the molecule is Cc1ccc(C(C)(C(=O)O)N2CCCC2)cc1. The standard InChI is InChI=1S/C14H19NO2/c1-11-5-7-12(8-6-11)14(2,13(16)17)15-9-3-4-10-15/h5-8H,3-4,9-10H2,1-2H3,(H,16,17). The third-order valence-corrected chi connectivity index (χ3v) is 3.77. The van der Waals surface area contributed by atoms with Gasteiger partial charge in [-0.05, 0) is 45.3 Å². The highest BCUT2D eigenvalue weighted by atomic mass is 16.4. The Bertz CT molecular complexity index is 407. The molecule has 1 aliphatic rings. The third kappa shape index (κ3) is 2.07. The maximum atomic E-state index is 11.7. The number of carbonyl (C=O) groups is 1. The molecule has 1 aromatic rings. The van der Waals surface area contributed by atoms with E-state index in [0.29, 0.717) is 0 Å². The lowest BCUT2D eigenvalue weighted by atomic mass is 9.90. The number of carboxylic acids is 1. The Hall–Kier alpha value is -1.35. The van der Waals surface area contributed by atoms with Crippen LogP contribution in [-0.4, -0.2) is 29.1 Å². The lowest BCUT2D eigenvalue weighted by molar-refractivity contribution is -0.150.